The minimum absolute atomic E-state index is 0.0696. The van der Waals surface area contributed by atoms with Crippen molar-refractivity contribution in [3.05, 3.63) is 192 Å². The van der Waals surface area contributed by atoms with Crippen molar-refractivity contribution in [3.63, 3.8) is 0 Å². The van der Waals surface area contributed by atoms with Crippen molar-refractivity contribution in [3.8, 4) is 0 Å². The lowest BCUT2D eigenvalue weighted by Crippen LogP contribution is -2.62. The van der Waals surface area contributed by atoms with Gasteiger partial charge in [0.2, 0.25) is 11.6 Å². The number of benzene rings is 8. The molecule has 7 nitrogen and oxygen atoms in total. The number of hydrogen-bond donors (Lipinski definition) is 0. The van der Waals surface area contributed by atoms with Crippen molar-refractivity contribution < 1.29 is 46.5 Å². The fourth-order valence-electron chi connectivity index (χ4n) is 7.16. The first-order chi connectivity index (χ1) is 28.0. The average Bonchev–Trinajstić information content (AvgIpc) is 3.26. The quantitative estimate of drug-likeness (QED) is 0.0733. The van der Waals surface area contributed by atoms with Crippen molar-refractivity contribution in [2.24, 2.45) is 0 Å². The Balaban J connectivity index is 1.28. The van der Waals surface area contributed by atoms with Crippen molar-refractivity contribution in [2.75, 3.05) is 0 Å². The lowest BCUT2D eigenvalue weighted by Gasteiger charge is -2.28. The summed E-state index contributed by atoms with van der Waals surface area (Å²) in [6.45, 7) is 0. The van der Waals surface area contributed by atoms with Crippen LogP contribution < -0.4 is 0 Å². The van der Waals surface area contributed by atoms with Crippen molar-refractivity contribution in [2.45, 2.75) is 11.5 Å². The van der Waals surface area contributed by atoms with Gasteiger partial charge in [-0.05, 0) is 55.2 Å². The normalized spacial score (nSPS) is 11.7. The number of halogens is 3. The Morgan fingerprint density at radius 1 is 0.379 bits per heavy atom. The van der Waals surface area contributed by atoms with Crippen LogP contribution in [0.1, 0.15) is 41.4 Å². The molecule has 0 radical (unpaired) electrons. The zero-order chi connectivity index (χ0) is 40.6. The topological polar surface area (TPSA) is 104 Å². The van der Waals surface area contributed by atoms with E-state index in [9.17, 15) is 24.0 Å². The predicted molar refractivity (Wildman–Crippen MR) is 215 cm³/mol. The number of ketones is 3. The van der Waals surface area contributed by atoms with Crippen LogP contribution in [0.5, 0.6) is 0 Å². The molecule has 0 saturated heterocycles. The first-order valence-electron chi connectivity index (χ1n) is 18.0. The Morgan fingerprint density at radius 2 is 0.655 bits per heavy atom. The van der Waals surface area contributed by atoms with Crippen LogP contribution >= 0.6 is 0 Å². The molecule has 8 aromatic rings. The van der Waals surface area contributed by atoms with Crippen molar-refractivity contribution >= 4 is 79.5 Å². The molecule has 8 rings (SSSR count). The summed E-state index contributed by atoms with van der Waals surface area (Å²) >= 11 is 0. The number of carbonyl (C=O) groups excluding carboxylic acids is 5. The van der Waals surface area contributed by atoms with Gasteiger partial charge in [-0.3, -0.25) is 14.4 Å². The Kier molecular flexibility index (Phi) is 9.66. The smallest absolute Gasteiger partial charge is 0.491 e. The second kappa shape index (κ2) is 14.9. The van der Waals surface area contributed by atoms with E-state index in [-0.39, 0.29) is 32.7 Å². The maximum atomic E-state index is 18.2. The van der Waals surface area contributed by atoms with Crippen LogP contribution in [-0.2, 0) is 14.1 Å². The van der Waals surface area contributed by atoms with E-state index in [1.54, 1.807) is 84.9 Å². The summed E-state index contributed by atoms with van der Waals surface area (Å²) in [5, 5.41) is 2.49. The van der Waals surface area contributed by atoms with Crippen molar-refractivity contribution in [1.29, 1.82) is 0 Å². The second-order valence-corrected chi connectivity index (χ2v) is 13.5. The molecule has 58 heavy (non-hydrogen) atoms. The number of Topliss-reactive ketones (excluding diaryl/α,β-unsaturated/α-hetero) is 3. The zero-order valence-electron chi connectivity index (χ0n) is 30.2. The van der Waals surface area contributed by atoms with Gasteiger partial charge in [0.15, 0.2) is 0 Å². The van der Waals surface area contributed by atoms with Crippen LogP contribution in [0.15, 0.2) is 170 Å². The molecule has 0 aliphatic carbocycles. The monoisotopic (exact) mass is 772 g/mol. The molecule has 11 heteroatoms. The predicted octanol–water partition coefficient (Wildman–Crippen LogP) is 10.0. The number of fused-ring (bicyclic) bond motifs is 4. The molecule has 0 spiro atoms. The molecular weight excluding hydrogens is 744 g/mol. The minimum Gasteiger partial charge on any atom is -0.491 e. The molecule has 0 aromatic heterocycles. The molecule has 0 fully saturated rings. The van der Waals surface area contributed by atoms with Gasteiger partial charge in [0, 0.05) is 11.1 Å². The van der Waals surface area contributed by atoms with Gasteiger partial charge in [0.25, 0.3) is 11.5 Å². The van der Waals surface area contributed by atoms with E-state index in [1.165, 1.54) is 72.8 Å². The number of alkyl halides is 3. The van der Waals surface area contributed by atoms with E-state index in [2.05, 4.69) is 0 Å². The van der Waals surface area contributed by atoms with E-state index in [0.717, 1.165) is 12.1 Å². The van der Waals surface area contributed by atoms with Gasteiger partial charge in [-0.25, -0.2) is 14.0 Å². The maximum absolute atomic E-state index is 18.2. The molecule has 0 amide bonds. The van der Waals surface area contributed by atoms with E-state index in [1.807, 2.05) is 0 Å². The molecule has 0 aliphatic rings. The van der Waals surface area contributed by atoms with Crippen LogP contribution in [0.2, 0.25) is 0 Å². The Labute approximate surface area is 328 Å². The summed E-state index contributed by atoms with van der Waals surface area (Å²) in [5.74, 6) is -15.0. The number of hydrogen-bond acceptors (Lipinski definition) is 7. The molecule has 8 aromatic carbocycles. The third-order valence-electron chi connectivity index (χ3n) is 10.1. The highest BCUT2D eigenvalue weighted by Gasteiger charge is 2.70. The Hall–Kier alpha value is -7.40. The van der Waals surface area contributed by atoms with E-state index in [0.29, 0.717) is 21.5 Å². The molecular formula is C47H28BF3O7. The van der Waals surface area contributed by atoms with Gasteiger partial charge in [0.1, 0.15) is 0 Å². The first kappa shape index (κ1) is 37.5. The highest BCUT2D eigenvalue weighted by molar-refractivity contribution is 6.60. The highest BCUT2D eigenvalue weighted by atomic mass is 19.3. The van der Waals surface area contributed by atoms with E-state index >= 15 is 13.2 Å². The molecule has 0 bridgehead atoms. The molecule has 0 unspecified atom stereocenters. The summed E-state index contributed by atoms with van der Waals surface area (Å²) in [7, 11) is -3.48. The van der Waals surface area contributed by atoms with Crippen LogP contribution in [0.3, 0.4) is 0 Å². The van der Waals surface area contributed by atoms with Gasteiger partial charge in [-0.1, -0.05) is 158 Å². The maximum Gasteiger partial charge on any atom is 0.683 e. The first-order valence-corrected chi connectivity index (χ1v) is 18.0. The molecule has 0 saturated carbocycles. The number of rotatable bonds is 11. The molecule has 0 N–H and O–H groups in total. The Bertz CT molecular complexity index is 2780. The third kappa shape index (κ3) is 6.46. The average molecular weight is 773 g/mol. The van der Waals surface area contributed by atoms with Gasteiger partial charge in [0.05, 0.1) is 11.1 Å². The fraction of sp³-hybridized carbons (Fsp3) is 0.0426. The summed E-state index contributed by atoms with van der Waals surface area (Å²) in [6, 6.07) is 41.9. The summed E-state index contributed by atoms with van der Waals surface area (Å²) in [5.41, 5.74) is -6.26. The summed E-state index contributed by atoms with van der Waals surface area (Å²) < 4.78 is 63.2. The second-order valence-electron chi connectivity index (χ2n) is 13.5. The lowest BCUT2D eigenvalue weighted by molar-refractivity contribution is -0.143. The van der Waals surface area contributed by atoms with Crippen LogP contribution in [-0.4, -0.2) is 47.9 Å². The van der Waals surface area contributed by atoms with Gasteiger partial charge < -0.3 is 9.31 Å². The molecule has 0 atom stereocenters. The van der Waals surface area contributed by atoms with Gasteiger partial charge in [-0.15, -0.1) is 0 Å². The van der Waals surface area contributed by atoms with Gasteiger partial charge >= 0.3 is 24.9 Å². The summed E-state index contributed by atoms with van der Waals surface area (Å²) in [4.78, 5) is 71.3. The SMILES string of the molecule is O=C(OB(OC(=O)c1cccc2ccccc12)C(F)(F)C(=O)C(F)(C(=O)c1cccc2ccccc12)C(=O)c1cccc2ccccc12)c1cccc2ccccc12. The van der Waals surface area contributed by atoms with E-state index in [4.69, 9.17) is 9.31 Å². The fourth-order valence-corrected chi connectivity index (χ4v) is 7.16. The standard InChI is InChI=1S/C47H28BF3O7/c49-46(41(52)37-25-9-17-29-13-1-5-21-33(29)37,42(53)38-26-10-18-30-14-2-6-22-34(30)38)45(56)47(50,51)48(57-43(54)39-27-11-19-31-15-3-7-23-35(31)39)58-44(55)40-28-12-20-32-16-4-8-24-36(32)40/h1-28H. The summed E-state index contributed by atoms with van der Waals surface area (Å²) in [6.07, 6.45) is 0. The van der Waals surface area contributed by atoms with E-state index < -0.39 is 59.0 Å². The minimum atomic E-state index is -5.37. The zero-order valence-corrected chi connectivity index (χ0v) is 30.2. The molecule has 0 aliphatic heterocycles. The third-order valence-corrected chi connectivity index (χ3v) is 10.1. The lowest BCUT2D eigenvalue weighted by atomic mass is 9.69. The van der Waals surface area contributed by atoms with Gasteiger partial charge in [-0.2, -0.15) is 8.78 Å². The van der Waals surface area contributed by atoms with Crippen LogP contribution in [0, 0.1) is 0 Å². The van der Waals surface area contributed by atoms with Crippen LogP contribution in [0.4, 0.5) is 13.2 Å². The van der Waals surface area contributed by atoms with Crippen LogP contribution in [0.25, 0.3) is 43.1 Å². The highest BCUT2D eigenvalue weighted by Crippen LogP contribution is 2.38. The molecule has 0 heterocycles. The molecule has 282 valence electrons. The number of carbonyl (C=O) groups is 5. The van der Waals surface area contributed by atoms with Crippen molar-refractivity contribution in [1.82, 2.24) is 0 Å². The Morgan fingerprint density at radius 3 is 1.00 bits per heavy atom. The largest absolute Gasteiger partial charge is 0.683 e.